The van der Waals surface area contributed by atoms with E-state index in [1.54, 1.807) is 23.1 Å². The number of aromatic nitrogens is 3. The van der Waals surface area contributed by atoms with Crippen LogP contribution in [-0.2, 0) is 5.41 Å². The van der Waals surface area contributed by atoms with Gasteiger partial charge >= 0.3 is 0 Å². The van der Waals surface area contributed by atoms with Crippen molar-refractivity contribution in [1.82, 2.24) is 14.8 Å². The summed E-state index contributed by atoms with van der Waals surface area (Å²) in [7, 11) is 0. The summed E-state index contributed by atoms with van der Waals surface area (Å²) < 4.78 is 1.55. The van der Waals surface area contributed by atoms with Gasteiger partial charge in [-0.1, -0.05) is 23.7 Å². The number of nitrogens with two attached hydrogens (primary N) is 2. The number of nitrogens with zero attached hydrogens (tertiary/aromatic N) is 3. The topological polar surface area (TPSA) is 99.8 Å². The summed E-state index contributed by atoms with van der Waals surface area (Å²) in [4.78, 5) is 16.8. The van der Waals surface area contributed by atoms with Crippen molar-refractivity contribution in [1.29, 1.82) is 0 Å². The van der Waals surface area contributed by atoms with Crippen molar-refractivity contribution in [3.05, 3.63) is 75.8 Å². The molecule has 1 aliphatic carbocycles. The molecule has 0 spiro atoms. The molecular formula is C22H24ClN5O. The highest BCUT2D eigenvalue weighted by Gasteiger charge is 2.37. The summed E-state index contributed by atoms with van der Waals surface area (Å²) in [5.74, 6) is 0. The summed E-state index contributed by atoms with van der Waals surface area (Å²) >= 11 is 6.21. The standard InChI is InChI=1S/C22H24ClN5O/c23-17-5-1-4-16(11-17)22(14-24)8-6-18(7-9-22)28-21(29)19(25)12-20(27-28)15-3-2-10-26-13-15/h1-5,10-13,18H,6-9,14,24-25H2. The Morgan fingerprint density at radius 3 is 2.62 bits per heavy atom. The van der Waals surface area contributed by atoms with Crippen LogP contribution in [0.2, 0.25) is 5.02 Å². The minimum Gasteiger partial charge on any atom is -0.394 e. The first kappa shape index (κ1) is 19.6. The van der Waals surface area contributed by atoms with E-state index < -0.39 is 0 Å². The van der Waals surface area contributed by atoms with Gasteiger partial charge in [-0.3, -0.25) is 9.78 Å². The molecule has 0 atom stereocenters. The van der Waals surface area contributed by atoms with E-state index in [1.165, 1.54) is 0 Å². The lowest BCUT2D eigenvalue weighted by atomic mass is 9.68. The maximum absolute atomic E-state index is 12.7. The summed E-state index contributed by atoms with van der Waals surface area (Å²) in [6, 6.07) is 13.3. The fraction of sp³-hybridized carbons (Fsp3) is 0.318. The lowest BCUT2D eigenvalue weighted by Gasteiger charge is -2.40. The number of halogens is 1. The van der Waals surface area contributed by atoms with E-state index >= 15 is 0 Å². The number of benzene rings is 1. The van der Waals surface area contributed by atoms with Crippen LogP contribution in [0.1, 0.15) is 37.3 Å². The zero-order valence-corrected chi connectivity index (χ0v) is 16.8. The van der Waals surface area contributed by atoms with Crippen LogP contribution in [0.5, 0.6) is 0 Å². The van der Waals surface area contributed by atoms with Gasteiger partial charge in [0, 0.05) is 34.9 Å². The molecule has 0 amide bonds. The first-order valence-corrected chi connectivity index (χ1v) is 10.2. The third-order valence-electron chi connectivity index (χ3n) is 6.01. The molecule has 150 valence electrons. The third-order valence-corrected chi connectivity index (χ3v) is 6.24. The van der Waals surface area contributed by atoms with Crippen molar-refractivity contribution in [3.8, 4) is 11.3 Å². The second kappa shape index (κ2) is 7.97. The predicted molar refractivity (Wildman–Crippen MR) is 116 cm³/mol. The van der Waals surface area contributed by atoms with Crippen molar-refractivity contribution in [2.45, 2.75) is 37.1 Å². The molecule has 0 saturated heterocycles. The Kier molecular flexibility index (Phi) is 5.39. The van der Waals surface area contributed by atoms with Gasteiger partial charge in [0.05, 0.1) is 11.7 Å². The van der Waals surface area contributed by atoms with Gasteiger partial charge in [0.2, 0.25) is 0 Å². The smallest absolute Gasteiger partial charge is 0.290 e. The molecule has 2 heterocycles. The van der Waals surface area contributed by atoms with Gasteiger partial charge in [0.25, 0.3) is 5.56 Å². The van der Waals surface area contributed by atoms with Crippen LogP contribution in [0, 0.1) is 0 Å². The van der Waals surface area contributed by atoms with E-state index in [0.717, 1.165) is 36.8 Å². The fourth-order valence-electron chi connectivity index (χ4n) is 4.26. The summed E-state index contributed by atoms with van der Waals surface area (Å²) in [5, 5.41) is 5.33. The Morgan fingerprint density at radius 2 is 1.97 bits per heavy atom. The van der Waals surface area contributed by atoms with E-state index in [0.29, 0.717) is 17.3 Å². The third kappa shape index (κ3) is 3.78. The van der Waals surface area contributed by atoms with Crippen molar-refractivity contribution in [2.75, 3.05) is 12.3 Å². The summed E-state index contributed by atoms with van der Waals surface area (Å²) in [5.41, 5.74) is 14.7. The van der Waals surface area contributed by atoms with Crippen molar-refractivity contribution in [3.63, 3.8) is 0 Å². The zero-order chi connectivity index (χ0) is 20.4. The Bertz CT molecular complexity index is 1060. The second-order valence-corrected chi connectivity index (χ2v) is 8.14. The van der Waals surface area contributed by atoms with Crippen LogP contribution >= 0.6 is 11.6 Å². The number of pyridine rings is 1. The molecule has 1 saturated carbocycles. The molecule has 1 fully saturated rings. The van der Waals surface area contributed by atoms with Crippen LogP contribution in [0.3, 0.4) is 0 Å². The SMILES string of the molecule is NCC1(c2cccc(Cl)c2)CCC(n2nc(-c3cccnc3)cc(N)c2=O)CC1. The minimum absolute atomic E-state index is 0.0136. The van der Waals surface area contributed by atoms with Crippen molar-refractivity contribution >= 4 is 17.3 Å². The highest BCUT2D eigenvalue weighted by Crippen LogP contribution is 2.42. The molecule has 0 radical (unpaired) electrons. The number of hydrogen-bond acceptors (Lipinski definition) is 5. The number of rotatable bonds is 4. The highest BCUT2D eigenvalue weighted by molar-refractivity contribution is 6.30. The van der Waals surface area contributed by atoms with Gasteiger partial charge in [-0.2, -0.15) is 5.10 Å². The maximum Gasteiger partial charge on any atom is 0.290 e. The van der Waals surface area contributed by atoms with Crippen LogP contribution in [-0.4, -0.2) is 21.3 Å². The predicted octanol–water partition coefficient (Wildman–Crippen LogP) is 3.55. The molecule has 0 unspecified atom stereocenters. The molecule has 0 bridgehead atoms. The Hall–Kier alpha value is -2.70. The molecule has 0 aliphatic heterocycles. The van der Waals surface area contributed by atoms with Gasteiger partial charge in [-0.05, 0) is 61.6 Å². The van der Waals surface area contributed by atoms with E-state index in [2.05, 4.69) is 16.1 Å². The van der Waals surface area contributed by atoms with Gasteiger partial charge in [0.15, 0.2) is 0 Å². The molecule has 6 nitrogen and oxygen atoms in total. The Morgan fingerprint density at radius 1 is 1.17 bits per heavy atom. The lowest BCUT2D eigenvalue weighted by molar-refractivity contribution is 0.222. The molecule has 3 aromatic rings. The molecule has 4 N–H and O–H groups in total. The molecule has 29 heavy (non-hydrogen) atoms. The normalized spacial score (nSPS) is 21.8. The minimum atomic E-state index is -0.245. The van der Waals surface area contributed by atoms with E-state index in [1.807, 2.05) is 30.3 Å². The second-order valence-electron chi connectivity index (χ2n) is 7.70. The number of nitrogen functional groups attached to an aromatic ring is 1. The molecule has 4 rings (SSSR count). The van der Waals surface area contributed by atoms with Gasteiger partial charge in [-0.25, -0.2) is 4.68 Å². The number of hydrogen-bond donors (Lipinski definition) is 2. The van der Waals surface area contributed by atoms with Crippen LogP contribution in [0.25, 0.3) is 11.3 Å². The zero-order valence-electron chi connectivity index (χ0n) is 16.1. The fourth-order valence-corrected chi connectivity index (χ4v) is 4.45. The quantitative estimate of drug-likeness (QED) is 0.686. The van der Waals surface area contributed by atoms with Crippen LogP contribution in [0.4, 0.5) is 5.69 Å². The first-order chi connectivity index (χ1) is 14.0. The average molecular weight is 410 g/mol. The van der Waals surface area contributed by atoms with E-state index in [-0.39, 0.29) is 22.7 Å². The van der Waals surface area contributed by atoms with E-state index in [4.69, 9.17) is 23.1 Å². The summed E-state index contributed by atoms with van der Waals surface area (Å²) in [6.45, 7) is 0.542. The monoisotopic (exact) mass is 409 g/mol. The molecule has 1 aromatic carbocycles. The average Bonchev–Trinajstić information content (AvgIpc) is 2.76. The summed E-state index contributed by atoms with van der Waals surface area (Å²) in [6.07, 6.45) is 6.74. The molecule has 7 heteroatoms. The molecular weight excluding hydrogens is 386 g/mol. The maximum atomic E-state index is 12.7. The van der Waals surface area contributed by atoms with Crippen LogP contribution in [0.15, 0.2) is 59.7 Å². The molecule has 1 aliphatic rings. The Balaban J connectivity index is 1.63. The van der Waals surface area contributed by atoms with Crippen LogP contribution < -0.4 is 17.0 Å². The highest BCUT2D eigenvalue weighted by atomic mass is 35.5. The first-order valence-electron chi connectivity index (χ1n) is 9.78. The van der Waals surface area contributed by atoms with Gasteiger partial charge in [0.1, 0.15) is 5.69 Å². The number of anilines is 1. The van der Waals surface area contributed by atoms with Crippen molar-refractivity contribution < 1.29 is 0 Å². The Labute approximate surface area is 174 Å². The van der Waals surface area contributed by atoms with Gasteiger partial charge < -0.3 is 11.5 Å². The molecule has 2 aromatic heterocycles. The van der Waals surface area contributed by atoms with Crippen molar-refractivity contribution in [2.24, 2.45) is 5.73 Å². The lowest BCUT2D eigenvalue weighted by Crippen LogP contribution is -2.41. The van der Waals surface area contributed by atoms with E-state index in [9.17, 15) is 4.79 Å². The largest absolute Gasteiger partial charge is 0.394 e. The van der Waals surface area contributed by atoms with Gasteiger partial charge in [-0.15, -0.1) is 0 Å².